The maximum Gasteiger partial charge on any atom is 0.286 e. The van der Waals surface area contributed by atoms with Gasteiger partial charge in [-0.1, -0.05) is 72.8 Å². The van der Waals surface area contributed by atoms with Gasteiger partial charge in [-0.2, -0.15) is 4.99 Å². The summed E-state index contributed by atoms with van der Waals surface area (Å²) in [6.45, 7) is 9.80. The highest BCUT2D eigenvalue weighted by molar-refractivity contribution is 8.18. The van der Waals surface area contributed by atoms with Crippen LogP contribution < -0.4 is 4.90 Å². The van der Waals surface area contributed by atoms with Crippen LogP contribution in [0.2, 0.25) is 0 Å². The Morgan fingerprint density at radius 1 is 0.838 bits per heavy atom. The highest BCUT2D eigenvalue weighted by Crippen LogP contribution is 2.33. The zero-order chi connectivity index (χ0) is 25.6. The molecular formula is C31H34N4OS. The number of amides is 1. The van der Waals surface area contributed by atoms with E-state index in [-0.39, 0.29) is 11.9 Å². The second kappa shape index (κ2) is 11.8. The van der Waals surface area contributed by atoms with Crippen molar-refractivity contribution in [3.63, 3.8) is 0 Å². The molecule has 1 saturated heterocycles. The number of hydrogen-bond donors (Lipinski definition) is 0. The zero-order valence-electron chi connectivity index (χ0n) is 21.6. The predicted octanol–water partition coefficient (Wildman–Crippen LogP) is 5.91. The van der Waals surface area contributed by atoms with Gasteiger partial charge in [-0.15, -0.1) is 0 Å². The summed E-state index contributed by atoms with van der Waals surface area (Å²) in [6, 6.07) is 30.1. The molecule has 0 unspecified atom stereocenters. The quantitative estimate of drug-likeness (QED) is 0.370. The Balaban J connectivity index is 1.24. The maximum atomic E-state index is 12.7. The van der Waals surface area contributed by atoms with Gasteiger partial charge in [-0.25, -0.2) is 0 Å². The lowest BCUT2D eigenvalue weighted by Gasteiger charge is -2.40. The van der Waals surface area contributed by atoms with Gasteiger partial charge in [0.05, 0.1) is 10.9 Å². The van der Waals surface area contributed by atoms with E-state index in [9.17, 15) is 4.79 Å². The third-order valence-electron chi connectivity index (χ3n) is 7.11. The van der Waals surface area contributed by atoms with Gasteiger partial charge in [0, 0.05) is 45.0 Å². The molecule has 37 heavy (non-hydrogen) atoms. The fraction of sp³-hybridized carbons (Fsp3) is 0.290. The summed E-state index contributed by atoms with van der Waals surface area (Å²) in [6.07, 6.45) is 1.96. The topological polar surface area (TPSA) is 39.1 Å². The van der Waals surface area contributed by atoms with Crippen molar-refractivity contribution in [1.29, 1.82) is 0 Å². The van der Waals surface area contributed by atoms with Crippen LogP contribution in [0.5, 0.6) is 0 Å². The van der Waals surface area contributed by atoms with Crippen LogP contribution >= 0.6 is 11.8 Å². The number of benzene rings is 3. The van der Waals surface area contributed by atoms with Crippen LogP contribution in [0.1, 0.15) is 36.6 Å². The van der Waals surface area contributed by atoms with Gasteiger partial charge >= 0.3 is 0 Å². The van der Waals surface area contributed by atoms with E-state index in [4.69, 9.17) is 0 Å². The minimum atomic E-state index is -0.137. The lowest BCUT2D eigenvalue weighted by atomic mass is 9.96. The molecule has 1 amide bonds. The van der Waals surface area contributed by atoms with Gasteiger partial charge in [-0.3, -0.25) is 9.69 Å². The fourth-order valence-electron chi connectivity index (χ4n) is 5.11. The van der Waals surface area contributed by atoms with Crippen molar-refractivity contribution in [3.05, 3.63) is 107 Å². The van der Waals surface area contributed by atoms with Gasteiger partial charge < -0.3 is 9.80 Å². The monoisotopic (exact) mass is 510 g/mol. The van der Waals surface area contributed by atoms with Crippen molar-refractivity contribution in [3.8, 4) is 0 Å². The van der Waals surface area contributed by atoms with E-state index in [0.29, 0.717) is 4.91 Å². The number of thioether (sulfide) groups is 1. The molecule has 0 aromatic heterocycles. The van der Waals surface area contributed by atoms with Crippen LogP contribution in [0, 0.1) is 0 Å². The summed E-state index contributed by atoms with van der Waals surface area (Å²) >= 11 is 1.50. The van der Waals surface area contributed by atoms with E-state index in [2.05, 4.69) is 118 Å². The van der Waals surface area contributed by atoms with Gasteiger partial charge in [0.1, 0.15) is 0 Å². The molecule has 5 rings (SSSR count). The number of nitrogens with zero attached hydrogens (tertiary/aromatic N) is 4. The van der Waals surface area contributed by atoms with Gasteiger partial charge in [0.25, 0.3) is 5.91 Å². The maximum absolute atomic E-state index is 12.7. The number of amidine groups is 1. The van der Waals surface area contributed by atoms with E-state index >= 15 is 0 Å². The normalized spacial score (nSPS) is 17.5. The molecule has 1 fully saturated rings. The Bertz CT molecular complexity index is 1210. The average molecular weight is 511 g/mol. The smallest absolute Gasteiger partial charge is 0.286 e. The second-order valence-electron chi connectivity index (χ2n) is 9.32. The highest BCUT2D eigenvalue weighted by Gasteiger charge is 2.31. The molecule has 0 atom stereocenters. The molecule has 0 radical (unpaired) electrons. The Kier molecular flexibility index (Phi) is 8.07. The first-order chi connectivity index (χ1) is 18.2. The first kappa shape index (κ1) is 25.3. The number of hydrogen-bond acceptors (Lipinski definition) is 5. The van der Waals surface area contributed by atoms with Crippen LogP contribution in [-0.4, -0.2) is 60.1 Å². The number of carbonyl (C=O) groups is 1. The molecule has 3 aromatic rings. The summed E-state index contributed by atoms with van der Waals surface area (Å²) in [4.78, 5) is 24.9. The minimum Gasteiger partial charge on any atom is -0.372 e. The van der Waals surface area contributed by atoms with Crippen molar-refractivity contribution in [2.75, 3.05) is 44.2 Å². The summed E-state index contributed by atoms with van der Waals surface area (Å²) < 4.78 is 0. The fourth-order valence-corrected chi connectivity index (χ4v) is 6.08. The van der Waals surface area contributed by atoms with Crippen LogP contribution in [0.15, 0.2) is 94.8 Å². The molecule has 0 N–H and O–H groups in total. The molecule has 0 spiro atoms. The molecule has 5 nitrogen and oxygen atoms in total. The third-order valence-corrected chi connectivity index (χ3v) is 8.15. The Morgan fingerprint density at radius 3 is 1.95 bits per heavy atom. The first-order valence-corrected chi connectivity index (χ1v) is 13.9. The number of carbonyl (C=O) groups excluding carboxylic acids is 1. The van der Waals surface area contributed by atoms with E-state index in [1.54, 1.807) is 0 Å². The van der Waals surface area contributed by atoms with Crippen molar-refractivity contribution in [2.24, 2.45) is 4.99 Å². The summed E-state index contributed by atoms with van der Waals surface area (Å²) in [7, 11) is 0. The van der Waals surface area contributed by atoms with Crippen LogP contribution in [-0.2, 0) is 4.79 Å². The predicted molar refractivity (Wildman–Crippen MR) is 156 cm³/mol. The Hall–Kier alpha value is -3.35. The van der Waals surface area contributed by atoms with Crippen LogP contribution in [0.3, 0.4) is 0 Å². The third kappa shape index (κ3) is 5.81. The molecule has 2 aliphatic rings. The van der Waals surface area contributed by atoms with Crippen molar-refractivity contribution < 1.29 is 4.79 Å². The van der Waals surface area contributed by atoms with Gasteiger partial charge in [-0.05, 0) is 60.5 Å². The zero-order valence-corrected chi connectivity index (χ0v) is 22.4. The van der Waals surface area contributed by atoms with Crippen LogP contribution in [0.25, 0.3) is 6.08 Å². The molecule has 0 bridgehead atoms. The SMILES string of the molecule is CCN(CC)c1ccc(/C=C2\SC(N3CCN(C(c4ccccc4)c4ccccc4)CC3)=NC2=O)cc1. The van der Waals surface area contributed by atoms with E-state index < -0.39 is 0 Å². The Labute approximate surface area is 224 Å². The average Bonchev–Trinajstić information content (AvgIpc) is 3.32. The lowest BCUT2D eigenvalue weighted by molar-refractivity contribution is -0.113. The Morgan fingerprint density at radius 2 is 1.41 bits per heavy atom. The molecule has 6 heteroatoms. The highest BCUT2D eigenvalue weighted by atomic mass is 32.2. The number of rotatable bonds is 7. The summed E-state index contributed by atoms with van der Waals surface area (Å²) in [5, 5.41) is 0.826. The summed E-state index contributed by atoms with van der Waals surface area (Å²) in [5.41, 5.74) is 4.85. The van der Waals surface area contributed by atoms with Gasteiger partial charge in [0.2, 0.25) is 0 Å². The standard InChI is InChI=1S/C31H34N4OS/c1-3-33(4-2)27-17-15-24(16-18-27)23-28-30(36)32-31(37-28)35-21-19-34(20-22-35)29(25-11-7-5-8-12-25)26-13-9-6-10-14-26/h5-18,23,29H,3-4,19-22H2,1-2H3/b28-23-. The largest absolute Gasteiger partial charge is 0.372 e. The first-order valence-electron chi connectivity index (χ1n) is 13.1. The molecule has 2 aliphatic heterocycles. The van der Waals surface area contributed by atoms with Crippen molar-refractivity contribution in [2.45, 2.75) is 19.9 Å². The molecule has 2 heterocycles. The lowest BCUT2D eigenvalue weighted by Crippen LogP contribution is -2.49. The van der Waals surface area contributed by atoms with Gasteiger partial charge in [0.15, 0.2) is 5.17 Å². The molecule has 0 saturated carbocycles. The van der Waals surface area contributed by atoms with Crippen LogP contribution in [0.4, 0.5) is 5.69 Å². The molecule has 0 aliphatic carbocycles. The number of anilines is 1. The van der Waals surface area contributed by atoms with E-state index in [1.807, 2.05) is 6.08 Å². The van der Waals surface area contributed by atoms with E-state index in [0.717, 1.165) is 50.0 Å². The number of piperazine rings is 1. The molecular weight excluding hydrogens is 476 g/mol. The molecule has 190 valence electrons. The minimum absolute atomic E-state index is 0.137. The van der Waals surface area contributed by atoms with E-state index in [1.165, 1.54) is 28.6 Å². The molecule has 3 aromatic carbocycles. The summed E-state index contributed by atoms with van der Waals surface area (Å²) in [5.74, 6) is -0.137. The second-order valence-corrected chi connectivity index (χ2v) is 10.3. The van der Waals surface area contributed by atoms with Crippen molar-refractivity contribution >= 4 is 34.6 Å². The number of aliphatic imine (C=N–C) groups is 1. The van der Waals surface area contributed by atoms with Crippen molar-refractivity contribution in [1.82, 2.24) is 9.80 Å².